The third-order valence-corrected chi connectivity index (χ3v) is 1.84. The second-order valence-corrected chi connectivity index (χ2v) is 4.22. The van der Waals surface area contributed by atoms with E-state index in [1.54, 1.807) is 0 Å². The van der Waals surface area contributed by atoms with Crippen LogP contribution in [0.1, 0.15) is 13.8 Å². The Morgan fingerprint density at radius 2 is 2.13 bits per heavy atom. The number of nitrogens with zero attached hydrogens (tertiary/aromatic N) is 1. The van der Waals surface area contributed by atoms with Gasteiger partial charge in [-0.05, 0) is 26.0 Å². The van der Waals surface area contributed by atoms with Gasteiger partial charge in [0.15, 0.2) is 5.58 Å². The zero-order valence-corrected chi connectivity index (χ0v) is 8.86. The quantitative estimate of drug-likeness (QED) is 0.833. The summed E-state index contributed by atoms with van der Waals surface area (Å²) in [7, 11) is 0. The Kier molecular flexibility index (Phi) is 2.36. The predicted molar refractivity (Wildman–Crippen MR) is 57.8 cm³/mol. The lowest BCUT2D eigenvalue weighted by Crippen LogP contribution is -2.38. The molecule has 2 rings (SSSR count). The van der Waals surface area contributed by atoms with Crippen molar-refractivity contribution in [2.24, 2.45) is 5.73 Å². The van der Waals surface area contributed by atoms with Crippen LogP contribution in [0.15, 0.2) is 28.7 Å². The van der Waals surface area contributed by atoms with Gasteiger partial charge < -0.3 is 14.9 Å². The molecule has 0 fully saturated rings. The average Bonchev–Trinajstić information content (AvgIpc) is 2.56. The fourth-order valence-electron chi connectivity index (χ4n) is 1.16. The molecule has 4 heteroatoms. The number of nitrogens with two attached hydrogens (primary N) is 1. The number of hydrogen-bond donors (Lipinski definition) is 1. The van der Waals surface area contributed by atoms with Crippen LogP contribution in [0.5, 0.6) is 6.08 Å². The third-order valence-electron chi connectivity index (χ3n) is 1.84. The Bertz CT molecular complexity index is 424. The lowest BCUT2D eigenvalue weighted by Gasteiger charge is -2.16. The molecular formula is C11H14N2O2. The molecule has 2 N–H and O–H groups in total. The van der Waals surface area contributed by atoms with Crippen LogP contribution >= 0.6 is 0 Å². The van der Waals surface area contributed by atoms with E-state index in [1.807, 2.05) is 38.1 Å². The average molecular weight is 206 g/mol. The van der Waals surface area contributed by atoms with Gasteiger partial charge in [0.1, 0.15) is 12.1 Å². The Labute approximate surface area is 88.0 Å². The van der Waals surface area contributed by atoms with Crippen molar-refractivity contribution in [3.8, 4) is 6.08 Å². The number of benzene rings is 1. The number of para-hydroxylation sites is 2. The maximum atomic E-state index is 5.78. The largest absolute Gasteiger partial charge is 0.448 e. The van der Waals surface area contributed by atoms with Crippen LogP contribution in [0.3, 0.4) is 0 Å². The summed E-state index contributed by atoms with van der Waals surface area (Å²) in [5.41, 5.74) is 6.91. The topological polar surface area (TPSA) is 61.3 Å². The smallest absolute Gasteiger partial charge is 0.394 e. The first-order valence-corrected chi connectivity index (χ1v) is 4.82. The zero-order chi connectivity index (χ0) is 10.9. The number of ether oxygens (including phenoxy) is 1. The van der Waals surface area contributed by atoms with Crippen molar-refractivity contribution in [1.29, 1.82) is 0 Å². The van der Waals surface area contributed by atoms with Gasteiger partial charge in [-0.15, -0.1) is 0 Å². The van der Waals surface area contributed by atoms with E-state index in [0.29, 0.717) is 6.61 Å². The summed E-state index contributed by atoms with van der Waals surface area (Å²) in [6, 6.07) is 7.52. The van der Waals surface area contributed by atoms with Gasteiger partial charge in [-0.1, -0.05) is 12.1 Å². The fraction of sp³-hybridized carbons (Fsp3) is 0.364. The molecule has 4 nitrogen and oxygen atoms in total. The molecule has 15 heavy (non-hydrogen) atoms. The van der Waals surface area contributed by atoms with E-state index in [4.69, 9.17) is 14.9 Å². The molecule has 0 saturated heterocycles. The maximum absolute atomic E-state index is 5.78. The highest BCUT2D eigenvalue weighted by Crippen LogP contribution is 2.20. The summed E-state index contributed by atoms with van der Waals surface area (Å²) in [4.78, 5) is 4.17. The van der Waals surface area contributed by atoms with Crippen LogP contribution in [-0.4, -0.2) is 17.1 Å². The number of oxazole rings is 1. The fourth-order valence-corrected chi connectivity index (χ4v) is 1.16. The van der Waals surface area contributed by atoms with Crippen molar-refractivity contribution in [2.45, 2.75) is 19.4 Å². The summed E-state index contributed by atoms with van der Waals surface area (Å²) < 4.78 is 10.7. The minimum Gasteiger partial charge on any atom is -0.448 e. The standard InChI is InChI=1S/C11H14N2O2/c1-11(2,12)7-14-10-13-8-5-3-4-6-9(8)15-10/h3-6H,7,12H2,1-2H3. The Hall–Kier alpha value is -1.55. The van der Waals surface area contributed by atoms with Crippen LogP contribution in [0.2, 0.25) is 0 Å². The molecule has 0 unspecified atom stereocenters. The highest BCUT2D eigenvalue weighted by Gasteiger charge is 2.14. The molecule has 1 aromatic carbocycles. The Morgan fingerprint density at radius 3 is 2.80 bits per heavy atom. The van der Waals surface area contributed by atoms with Crippen LogP contribution < -0.4 is 10.5 Å². The van der Waals surface area contributed by atoms with Gasteiger partial charge in [0.25, 0.3) is 0 Å². The van der Waals surface area contributed by atoms with E-state index in [0.717, 1.165) is 11.1 Å². The molecule has 0 aliphatic carbocycles. The van der Waals surface area contributed by atoms with Crippen molar-refractivity contribution in [3.05, 3.63) is 24.3 Å². The van der Waals surface area contributed by atoms with E-state index in [-0.39, 0.29) is 11.6 Å². The Morgan fingerprint density at radius 1 is 1.40 bits per heavy atom. The van der Waals surface area contributed by atoms with E-state index >= 15 is 0 Å². The van der Waals surface area contributed by atoms with Gasteiger partial charge in [-0.25, -0.2) is 0 Å². The SMILES string of the molecule is CC(C)(N)COc1nc2ccccc2o1. The Balaban J connectivity index is 2.16. The molecule has 2 aromatic rings. The first-order valence-electron chi connectivity index (χ1n) is 4.82. The lowest BCUT2D eigenvalue weighted by atomic mass is 10.1. The molecule has 1 heterocycles. The summed E-state index contributed by atoms with van der Waals surface area (Å²) in [5, 5.41) is 0. The second kappa shape index (κ2) is 3.55. The van der Waals surface area contributed by atoms with Gasteiger partial charge in [0.05, 0.1) is 0 Å². The summed E-state index contributed by atoms with van der Waals surface area (Å²) in [6.07, 6.45) is 0.273. The highest BCUT2D eigenvalue weighted by atomic mass is 16.6. The predicted octanol–water partition coefficient (Wildman–Crippen LogP) is 1.94. The highest BCUT2D eigenvalue weighted by molar-refractivity contribution is 5.72. The van der Waals surface area contributed by atoms with Crippen LogP contribution in [0, 0.1) is 0 Å². The molecule has 0 saturated carbocycles. The normalized spacial score (nSPS) is 11.9. The first kappa shape index (κ1) is 9.98. The third kappa shape index (κ3) is 2.47. The molecule has 1 aromatic heterocycles. The maximum Gasteiger partial charge on any atom is 0.394 e. The number of rotatable bonds is 3. The van der Waals surface area contributed by atoms with E-state index in [2.05, 4.69) is 4.98 Å². The van der Waals surface area contributed by atoms with Crippen LogP contribution in [0.4, 0.5) is 0 Å². The molecule has 0 spiro atoms. The van der Waals surface area contributed by atoms with E-state index < -0.39 is 0 Å². The van der Waals surface area contributed by atoms with Gasteiger partial charge in [0, 0.05) is 5.54 Å². The minimum atomic E-state index is -0.388. The second-order valence-electron chi connectivity index (χ2n) is 4.22. The minimum absolute atomic E-state index is 0.273. The summed E-state index contributed by atoms with van der Waals surface area (Å²) in [6.45, 7) is 4.14. The summed E-state index contributed by atoms with van der Waals surface area (Å²) >= 11 is 0. The zero-order valence-electron chi connectivity index (χ0n) is 8.86. The molecule has 0 atom stereocenters. The van der Waals surface area contributed by atoms with Crippen molar-refractivity contribution < 1.29 is 9.15 Å². The molecule has 80 valence electrons. The van der Waals surface area contributed by atoms with Crippen LogP contribution in [-0.2, 0) is 0 Å². The van der Waals surface area contributed by atoms with Crippen molar-refractivity contribution >= 4 is 11.1 Å². The van der Waals surface area contributed by atoms with Gasteiger partial charge in [-0.3, -0.25) is 0 Å². The lowest BCUT2D eigenvalue weighted by molar-refractivity contribution is 0.189. The van der Waals surface area contributed by atoms with Crippen molar-refractivity contribution in [1.82, 2.24) is 4.98 Å². The van der Waals surface area contributed by atoms with Crippen molar-refractivity contribution in [2.75, 3.05) is 6.61 Å². The number of hydrogen-bond acceptors (Lipinski definition) is 4. The van der Waals surface area contributed by atoms with Gasteiger partial charge >= 0.3 is 6.08 Å². The van der Waals surface area contributed by atoms with Crippen LogP contribution in [0.25, 0.3) is 11.1 Å². The molecule has 0 amide bonds. The van der Waals surface area contributed by atoms with Gasteiger partial charge in [0.2, 0.25) is 0 Å². The number of fused-ring (bicyclic) bond motifs is 1. The first-order chi connectivity index (χ1) is 7.04. The van der Waals surface area contributed by atoms with E-state index in [1.165, 1.54) is 0 Å². The summed E-state index contributed by atoms with van der Waals surface area (Å²) in [5.74, 6) is 0. The van der Waals surface area contributed by atoms with Gasteiger partial charge in [-0.2, -0.15) is 4.98 Å². The van der Waals surface area contributed by atoms with Crippen molar-refractivity contribution in [3.63, 3.8) is 0 Å². The van der Waals surface area contributed by atoms with E-state index in [9.17, 15) is 0 Å². The molecule has 0 aliphatic rings. The molecule has 0 radical (unpaired) electrons. The molecular weight excluding hydrogens is 192 g/mol. The molecule has 0 bridgehead atoms. The monoisotopic (exact) mass is 206 g/mol. The number of aromatic nitrogens is 1. The molecule has 0 aliphatic heterocycles.